The van der Waals surface area contributed by atoms with E-state index in [-0.39, 0.29) is 6.42 Å². The Kier molecular flexibility index (Phi) is 5.68. The van der Waals surface area contributed by atoms with Gasteiger partial charge < -0.3 is 0 Å². The molecule has 0 bridgehead atoms. The molecular formula is C22H25F2N3. The lowest BCUT2D eigenvalue weighted by Gasteiger charge is -2.10. The zero-order valence-corrected chi connectivity index (χ0v) is 16.0. The summed E-state index contributed by atoms with van der Waals surface area (Å²) in [5.74, 6) is -1.51. The summed E-state index contributed by atoms with van der Waals surface area (Å²) >= 11 is 0. The number of hydrogen-bond acceptors (Lipinski definition) is 2. The summed E-state index contributed by atoms with van der Waals surface area (Å²) < 4.78 is 27.9. The van der Waals surface area contributed by atoms with E-state index in [1.165, 1.54) is 18.4 Å². The standard InChI is InChI=1S/C22H25F2N3/c1-4-5-16(2)18-8-10-19(11-9-18)21-25-15-27(26-21)20-12-6-17(7-13-20)14-22(3,23)24/h6-13,15-16H,4-5,14H2,1-3H3. The minimum absolute atomic E-state index is 0.265. The van der Waals surface area contributed by atoms with Crippen molar-refractivity contribution >= 4 is 0 Å². The summed E-state index contributed by atoms with van der Waals surface area (Å²) in [6.07, 6.45) is 3.72. The Hall–Kier alpha value is -2.56. The van der Waals surface area contributed by atoms with Gasteiger partial charge in [0.25, 0.3) is 0 Å². The molecule has 3 rings (SSSR count). The van der Waals surface area contributed by atoms with Crippen molar-refractivity contribution in [3.8, 4) is 17.1 Å². The van der Waals surface area contributed by atoms with Gasteiger partial charge >= 0.3 is 0 Å². The van der Waals surface area contributed by atoms with E-state index in [9.17, 15) is 8.78 Å². The molecule has 2 aromatic carbocycles. The third-order valence-electron chi connectivity index (χ3n) is 4.67. The van der Waals surface area contributed by atoms with Crippen LogP contribution in [-0.4, -0.2) is 20.7 Å². The van der Waals surface area contributed by atoms with Crippen LogP contribution in [0.25, 0.3) is 17.1 Å². The molecule has 3 aromatic rings. The molecule has 0 radical (unpaired) electrons. The lowest BCUT2D eigenvalue weighted by atomic mass is 9.96. The van der Waals surface area contributed by atoms with E-state index < -0.39 is 5.92 Å². The van der Waals surface area contributed by atoms with E-state index >= 15 is 0 Å². The number of rotatable bonds is 7. The van der Waals surface area contributed by atoms with E-state index in [0.717, 1.165) is 18.2 Å². The number of hydrogen-bond donors (Lipinski definition) is 0. The molecule has 0 fully saturated rings. The molecule has 142 valence electrons. The van der Waals surface area contributed by atoms with Crippen LogP contribution in [0.1, 0.15) is 50.7 Å². The van der Waals surface area contributed by atoms with Crippen LogP contribution < -0.4 is 0 Å². The van der Waals surface area contributed by atoms with Crippen molar-refractivity contribution in [3.63, 3.8) is 0 Å². The largest absolute Gasteiger partial charge is 0.249 e. The van der Waals surface area contributed by atoms with E-state index in [0.29, 0.717) is 17.3 Å². The van der Waals surface area contributed by atoms with Gasteiger partial charge in [0.1, 0.15) is 6.33 Å². The van der Waals surface area contributed by atoms with Crippen molar-refractivity contribution < 1.29 is 8.78 Å². The van der Waals surface area contributed by atoms with Crippen molar-refractivity contribution in [2.45, 2.75) is 51.9 Å². The molecule has 0 saturated heterocycles. The normalized spacial score (nSPS) is 12.9. The lowest BCUT2D eigenvalue weighted by Crippen LogP contribution is -2.13. The zero-order valence-electron chi connectivity index (χ0n) is 16.0. The van der Waals surface area contributed by atoms with Gasteiger partial charge in [-0.15, -0.1) is 5.10 Å². The Labute approximate surface area is 159 Å². The molecule has 0 aliphatic carbocycles. The first kappa shape index (κ1) is 19.2. The highest BCUT2D eigenvalue weighted by atomic mass is 19.3. The first-order valence-electron chi connectivity index (χ1n) is 9.35. The Balaban J connectivity index is 1.74. The summed E-state index contributed by atoms with van der Waals surface area (Å²) in [5, 5.41) is 4.52. The topological polar surface area (TPSA) is 30.7 Å². The zero-order chi connectivity index (χ0) is 19.4. The predicted molar refractivity (Wildman–Crippen MR) is 104 cm³/mol. The van der Waals surface area contributed by atoms with Gasteiger partial charge in [0.05, 0.1) is 5.69 Å². The molecule has 0 spiro atoms. The smallest absolute Gasteiger partial charge is 0.220 e. The Morgan fingerprint density at radius 2 is 1.70 bits per heavy atom. The highest BCUT2D eigenvalue weighted by molar-refractivity contribution is 5.55. The molecule has 27 heavy (non-hydrogen) atoms. The minimum atomic E-state index is -2.71. The highest BCUT2D eigenvalue weighted by Crippen LogP contribution is 2.24. The predicted octanol–water partition coefficient (Wildman–Crippen LogP) is 6.04. The van der Waals surface area contributed by atoms with E-state index in [2.05, 4.69) is 36.1 Å². The van der Waals surface area contributed by atoms with Gasteiger partial charge in [-0.25, -0.2) is 18.4 Å². The van der Waals surface area contributed by atoms with Gasteiger partial charge in [-0.3, -0.25) is 0 Å². The van der Waals surface area contributed by atoms with Crippen molar-refractivity contribution in [2.24, 2.45) is 0 Å². The van der Waals surface area contributed by atoms with Crippen LogP contribution in [0.2, 0.25) is 0 Å². The first-order chi connectivity index (χ1) is 12.9. The Morgan fingerprint density at radius 3 is 2.30 bits per heavy atom. The van der Waals surface area contributed by atoms with Crippen molar-refractivity contribution in [1.82, 2.24) is 14.8 Å². The maximum Gasteiger partial charge on any atom is 0.249 e. The third-order valence-corrected chi connectivity index (χ3v) is 4.67. The van der Waals surface area contributed by atoms with Crippen molar-refractivity contribution in [3.05, 3.63) is 66.0 Å². The maximum atomic E-state index is 13.1. The molecular weight excluding hydrogens is 344 g/mol. The molecule has 1 heterocycles. The maximum absolute atomic E-state index is 13.1. The second kappa shape index (κ2) is 7.99. The molecule has 0 aliphatic rings. The monoisotopic (exact) mass is 369 g/mol. The Bertz CT molecular complexity index is 862. The minimum Gasteiger partial charge on any atom is -0.220 e. The average molecular weight is 369 g/mol. The van der Waals surface area contributed by atoms with Gasteiger partial charge in [-0.2, -0.15) is 0 Å². The van der Waals surface area contributed by atoms with Gasteiger partial charge in [0, 0.05) is 12.0 Å². The van der Waals surface area contributed by atoms with E-state index in [1.807, 2.05) is 12.1 Å². The molecule has 0 N–H and O–H groups in total. The number of aromatic nitrogens is 3. The number of halogens is 2. The van der Waals surface area contributed by atoms with Gasteiger partial charge in [-0.05, 0) is 42.5 Å². The molecule has 1 atom stereocenters. The fourth-order valence-corrected chi connectivity index (χ4v) is 3.21. The number of nitrogens with zero attached hydrogens (tertiary/aromatic N) is 3. The van der Waals surface area contributed by atoms with Crippen LogP contribution in [0, 0.1) is 0 Å². The van der Waals surface area contributed by atoms with Crippen LogP contribution in [0.3, 0.4) is 0 Å². The van der Waals surface area contributed by atoms with Crippen LogP contribution in [0.5, 0.6) is 0 Å². The van der Waals surface area contributed by atoms with Crippen molar-refractivity contribution in [2.75, 3.05) is 0 Å². The molecule has 0 saturated carbocycles. The summed E-state index contributed by atoms with van der Waals surface area (Å²) in [7, 11) is 0. The molecule has 0 aliphatic heterocycles. The molecule has 1 aromatic heterocycles. The van der Waals surface area contributed by atoms with E-state index in [4.69, 9.17) is 0 Å². The van der Waals surface area contributed by atoms with Crippen LogP contribution in [-0.2, 0) is 6.42 Å². The molecule has 3 nitrogen and oxygen atoms in total. The number of benzene rings is 2. The third kappa shape index (κ3) is 5.00. The lowest BCUT2D eigenvalue weighted by molar-refractivity contribution is 0.0226. The summed E-state index contributed by atoms with van der Waals surface area (Å²) in [6, 6.07) is 15.4. The average Bonchev–Trinajstić information content (AvgIpc) is 3.11. The quantitative estimate of drug-likeness (QED) is 0.509. The molecule has 1 unspecified atom stereocenters. The molecule has 5 heteroatoms. The number of alkyl halides is 2. The van der Waals surface area contributed by atoms with Crippen LogP contribution in [0.4, 0.5) is 8.78 Å². The van der Waals surface area contributed by atoms with E-state index in [1.54, 1.807) is 35.3 Å². The summed E-state index contributed by atoms with van der Waals surface area (Å²) in [6.45, 7) is 5.37. The highest BCUT2D eigenvalue weighted by Gasteiger charge is 2.21. The second-order valence-corrected chi connectivity index (χ2v) is 7.24. The van der Waals surface area contributed by atoms with Gasteiger partial charge in [-0.1, -0.05) is 56.7 Å². The second-order valence-electron chi connectivity index (χ2n) is 7.24. The summed E-state index contributed by atoms with van der Waals surface area (Å²) in [4.78, 5) is 4.39. The fourth-order valence-electron chi connectivity index (χ4n) is 3.21. The SMILES string of the molecule is CCCC(C)c1ccc(-c2ncn(-c3ccc(CC(C)(F)F)cc3)n2)cc1. The summed E-state index contributed by atoms with van der Waals surface area (Å²) in [5.41, 5.74) is 3.68. The van der Waals surface area contributed by atoms with Crippen molar-refractivity contribution in [1.29, 1.82) is 0 Å². The van der Waals surface area contributed by atoms with Gasteiger partial charge in [0.2, 0.25) is 5.92 Å². The fraction of sp³-hybridized carbons (Fsp3) is 0.364. The Morgan fingerprint density at radius 1 is 1.04 bits per heavy atom. The van der Waals surface area contributed by atoms with Crippen LogP contribution >= 0.6 is 0 Å². The first-order valence-corrected chi connectivity index (χ1v) is 9.35. The van der Waals surface area contributed by atoms with Crippen LogP contribution in [0.15, 0.2) is 54.9 Å². The van der Waals surface area contributed by atoms with Gasteiger partial charge in [0.15, 0.2) is 5.82 Å². The molecule has 0 amide bonds.